The molecular formula is C14H16N6. The first kappa shape index (κ1) is 11.5. The van der Waals surface area contributed by atoms with Gasteiger partial charge in [-0.25, -0.2) is 5.43 Å². The maximum Gasteiger partial charge on any atom is 0.226 e. The predicted molar refractivity (Wildman–Crippen MR) is 78.4 cm³/mol. The minimum atomic E-state index is 0.324. The average molecular weight is 268 g/mol. The molecule has 1 aromatic carbocycles. The minimum absolute atomic E-state index is 0.324. The highest BCUT2D eigenvalue weighted by atomic mass is 15.4. The quantitative estimate of drug-likeness (QED) is 0.681. The van der Waals surface area contributed by atoms with Gasteiger partial charge >= 0.3 is 0 Å². The second kappa shape index (κ2) is 4.64. The molecule has 3 heterocycles. The second-order valence-electron chi connectivity index (χ2n) is 5.03. The van der Waals surface area contributed by atoms with E-state index in [1.165, 1.54) is 5.56 Å². The summed E-state index contributed by atoms with van der Waals surface area (Å²) in [5.74, 6) is 2.45. The van der Waals surface area contributed by atoms with Crippen molar-refractivity contribution in [1.29, 1.82) is 0 Å². The van der Waals surface area contributed by atoms with Crippen molar-refractivity contribution < 1.29 is 0 Å². The fourth-order valence-corrected chi connectivity index (χ4v) is 2.66. The maximum absolute atomic E-state index is 4.57. The highest BCUT2D eigenvalue weighted by Crippen LogP contribution is 2.37. The zero-order valence-corrected chi connectivity index (χ0v) is 11.0. The zero-order chi connectivity index (χ0) is 13.4. The molecule has 0 radical (unpaired) electrons. The van der Waals surface area contributed by atoms with Gasteiger partial charge in [-0.2, -0.15) is 9.97 Å². The van der Waals surface area contributed by atoms with Crippen molar-refractivity contribution in [2.24, 2.45) is 0 Å². The molecule has 2 aliphatic heterocycles. The summed E-state index contributed by atoms with van der Waals surface area (Å²) in [4.78, 5) is 9.09. The smallest absolute Gasteiger partial charge is 0.226 e. The highest BCUT2D eigenvalue weighted by molar-refractivity contribution is 5.66. The summed E-state index contributed by atoms with van der Waals surface area (Å²) in [5, 5.41) is 6.62. The van der Waals surface area contributed by atoms with Crippen LogP contribution in [0.1, 0.15) is 23.6 Å². The first-order chi connectivity index (χ1) is 9.90. The van der Waals surface area contributed by atoms with Gasteiger partial charge in [0.2, 0.25) is 5.95 Å². The van der Waals surface area contributed by atoms with Crippen molar-refractivity contribution in [3.63, 3.8) is 0 Å². The van der Waals surface area contributed by atoms with Crippen LogP contribution >= 0.6 is 0 Å². The van der Waals surface area contributed by atoms with Gasteiger partial charge in [-0.15, -0.1) is 0 Å². The van der Waals surface area contributed by atoms with Crippen LogP contribution in [0.3, 0.4) is 0 Å². The maximum atomic E-state index is 4.57. The third-order valence-corrected chi connectivity index (χ3v) is 3.68. The second-order valence-corrected chi connectivity index (χ2v) is 5.03. The van der Waals surface area contributed by atoms with Crippen LogP contribution in [0.4, 0.5) is 17.6 Å². The van der Waals surface area contributed by atoms with E-state index in [9.17, 15) is 0 Å². The first-order valence-electron chi connectivity index (χ1n) is 6.85. The Balaban J connectivity index is 1.58. The molecule has 20 heavy (non-hydrogen) atoms. The van der Waals surface area contributed by atoms with Gasteiger partial charge in [0.15, 0.2) is 5.82 Å². The summed E-state index contributed by atoms with van der Waals surface area (Å²) in [6.45, 7) is 1.65. The lowest BCUT2D eigenvalue weighted by Gasteiger charge is -2.20. The van der Waals surface area contributed by atoms with Gasteiger partial charge in [-0.3, -0.25) is 0 Å². The summed E-state index contributed by atoms with van der Waals surface area (Å²) in [7, 11) is 0. The molecule has 0 aliphatic carbocycles. The SMILES string of the molecule is c1ccc(CNc2nc3c4c(n2)NNC4CCN3)cc1. The summed E-state index contributed by atoms with van der Waals surface area (Å²) in [6, 6.07) is 10.6. The van der Waals surface area contributed by atoms with E-state index in [0.717, 1.165) is 36.7 Å². The molecule has 1 aromatic heterocycles. The molecule has 2 aliphatic rings. The third kappa shape index (κ3) is 1.94. The van der Waals surface area contributed by atoms with E-state index in [2.05, 4.69) is 43.6 Å². The Labute approximate surface area is 117 Å². The number of aromatic nitrogens is 2. The van der Waals surface area contributed by atoms with Gasteiger partial charge < -0.3 is 16.1 Å². The van der Waals surface area contributed by atoms with E-state index in [4.69, 9.17) is 0 Å². The van der Waals surface area contributed by atoms with Gasteiger partial charge in [0, 0.05) is 13.1 Å². The lowest BCUT2D eigenvalue weighted by Crippen LogP contribution is -2.24. The molecule has 4 rings (SSSR count). The molecule has 6 heteroatoms. The first-order valence-corrected chi connectivity index (χ1v) is 6.85. The number of rotatable bonds is 3. The monoisotopic (exact) mass is 268 g/mol. The van der Waals surface area contributed by atoms with Crippen molar-refractivity contribution >= 4 is 17.6 Å². The van der Waals surface area contributed by atoms with Crippen LogP contribution in [0.15, 0.2) is 30.3 Å². The van der Waals surface area contributed by atoms with E-state index in [0.29, 0.717) is 12.0 Å². The van der Waals surface area contributed by atoms with Crippen molar-refractivity contribution in [3.8, 4) is 0 Å². The van der Waals surface area contributed by atoms with Crippen LogP contribution in [-0.2, 0) is 6.54 Å². The van der Waals surface area contributed by atoms with Crippen LogP contribution < -0.4 is 21.5 Å². The summed E-state index contributed by atoms with van der Waals surface area (Å²) < 4.78 is 0. The van der Waals surface area contributed by atoms with Gasteiger partial charge in [-0.05, 0) is 12.0 Å². The molecule has 4 N–H and O–H groups in total. The van der Waals surface area contributed by atoms with Gasteiger partial charge in [-0.1, -0.05) is 30.3 Å². The standard InChI is InChI=1S/C14H16N6/c1-2-4-9(5-3-1)8-16-14-17-12-11-10(6-7-15-12)19-20-13(11)18-14/h1-5,10,19H,6-8H2,(H3,15,16,17,18,20). The predicted octanol–water partition coefficient (Wildman–Crippen LogP) is 1.88. The largest absolute Gasteiger partial charge is 0.369 e. The van der Waals surface area contributed by atoms with Gasteiger partial charge in [0.05, 0.1) is 11.6 Å². The Morgan fingerprint density at radius 1 is 1.15 bits per heavy atom. The van der Waals surface area contributed by atoms with Crippen LogP contribution in [0, 0.1) is 0 Å². The minimum Gasteiger partial charge on any atom is -0.369 e. The molecule has 1 unspecified atom stereocenters. The topological polar surface area (TPSA) is 73.9 Å². The van der Waals surface area contributed by atoms with E-state index in [1.54, 1.807) is 0 Å². The molecule has 0 bridgehead atoms. The number of hydrogen-bond acceptors (Lipinski definition) is 6. The van der Waals surface area contributed by atoms with E-state index in [-0.39, 0.29) is 0 Å². The Morgan fingerprint density at radius 3 is 2.90 bits per heavy atom. The van der Waals surface area contributed by atoms with Gasteiger partial charge in [0.25, 0.3) is 0 Å². The summed E-state index contributed by atoms with van der Waals surface area (Å²) in [5.41, 5.74) is 8.75. The van der Waals surface area contributed by atoms with Crippen LogP contribution in [0.25, 0.3) is 0 Å². The number of nitrogens with one attached hydrogen (secondary N) is 4. The molecule has 2 aromatic rings. The van der Waals surface area contributed by atoms with Crippen molar-refractivity contribution in [2.75, 3.05) is 22.6 Å². The molecule has 0 amide bonds. The normalized spacial score (nSPS) is 18.9. The molecule has 0 fully saturated rings. The van der Waals surface area contributed by atoms with Crippen molar-refractivity contribution in [1.82, 2.24) is 15.4 Å². The molecule has 0 spiro atoms. The van der Waals surface area contributed by atoms with Crippen LogP contribution in [-0.4, -0.2) is 16.5 Å². The Bertz CT molecular complexity index is 627. The van der Waals surface area contributed by atoms with E-state index >= 15 is 0 Å². The molecule has 0 saturated heterocycles. The Morgan fingerprint density at radius 2 is 2.00 bits per heavy atom. The van der Waals surface area contributed by atoms with E-state index < -0.39 is 0 Å². The van der Waals surface area contributed by atoms with Gasteiger partial charge in [0.1, 0.15) is 5.82 Å². The van der Waals surface area contributed by atoms with Crippen LogP contribution in [0.2, 0.25) is 0 Å². The van der Waals surface area contributed by atoms with Crippen molar-refractivity contribution in [3.05, 3.63) is 41.5 Å². The fraction of sp³-hybridized carbons (Fsp3) is 0.286. The Hall–Kier alpha value is -2.34. The van der Waals surface area contributed by atoms with E-state index in [1.807, 2.05) is 18.2 Å². The molecular weight excluding hydrogens is 252 g/mol. The lowest BCUT2D eigenvalue weighted by molar-refractivity contribution is 0.575. The number of nitrogens with zero attached hydrogens (tertiary/aromatic N) is 2. The number of benzene rings is 1. The van der Waals surface area contributed by atoms with Crippen LogP contribution in [0.5, 0.6) is 0 Å². The average Bonchev–Trinajstić information content (AvgIpc) is 2.91. The Kier molecular flexibility index (Phi) is 2.67. The molecule has 102 valence electrons. The molecule has 1 atom stereocenters. The lowest BCUT2D eigenvalue weighted by atomic mass is 10.0. The van der Waals surface area contributed by atoms with Crippen molar-refractivity contribution in [2.45, 2.75) is 19.0 Å². The number of hydrazine groups is 1. The highest BCUT2D eigenvalue weighted by Gasteiger charge is 2.30. The third-order valence-electron chi connectivity index (χ3n) is 3.68. The number of anilines is 3. The summed E-state index contributed by atoms with van der Waals surface area (Å²) >= 11 is 0. The molecule has 6 nitrogen and oxygen atoms in total. The fourth-order valence-electron chi connectivity index (χ4n) is 2.66. The molecule has 0 saturated carbocycles. The zero-order valence-electron chi connectivity index (χ0n) is 11.0. The number of hydrogen-bond donors (Lipinski definition) is 4. The summed E-state index contributed by atoms with van der Waals surface area (Å²) in [6.07, 6.45) is 1.05.